The van der Waals surface area contributed by atoms with E-state index in [1.807, 2.05) is 5.32 Å². The second kappa shape index (κ2) is 9.61. The van der Waals surface area contributed by atoms with Gasteiger partial charge in [0.05, 0.1) is 18.0 Å². The Kier molecular flexibility index (Phi) is 6.58. The fourth-order valence-corrected chi connectivity index (χ4v) is 4.89. The van der Waals surface area contributed by atoms with E-state index in [-0.39, 0.29) is 42.3 Å². The normalized spacial score (nSPS) is 18.7. The van der Waals surface area contributed by atoms with Crippen molar-refractivity contribution in [2.75, 3.05) is 18.1 Å². The third-order valence-corrected chi connectivity index (χ3v) is 6.92. The molecular weight excluding hydrogens is 518 g/mol. The standard InChI is InChI=1S/C25H22F6N4O3/c26-13-8-17(27)20(18(28)9-13)35-10-16(24(38)33-22(12-3-4-12)25(29,30)31)21(37)15-5-6-19(32-23(15)35)34-7-1-2-14(34)11-36/h5-6,8-10,12,14,22,36H,1-4,7,11H2,(H,33,38)/t14-,22?/m1/s1. The first kappa shape index (κ1) is 26.0. The lowest BCUT2D eigenvalue weighted by Crippen LogP contribution is -2.48. The topological polar surface area (TPSA) is 87.5 Å². The number of carbonyl (C=O) groups excluding carboxylic acids is 1. The number of amides is 1. The van der Waals surface area contributed by atoms with Gasteiger partial charge in [-0.2, -0.15) is 13.2 Å². The van der Waals surface area contributed by atoms with Crippen molar-refractivity contribution >= 4 is 22.8 Å². The summed E-state index contributed by atoms with van der Waals surface area (Å²) in [6.45, 7) is 0.321. The Morgan fingerprint density at radius 1 is 1.13 bits per heavy atom. The number of aliphatic hydroxyl groups excluding tert-OH is 1. The number of aromatic nitrogens is 2. The zero-order chi connectivity index (χ0) is 27.4. The minimum absolute atomic E-state index is 0.186. The number of nitrogens with one attached hydrogen (secondary N) is 1. The van der Waals surface area contributed by atoms with Crippen LogP contribution in [-0.4, -0.2) is 52.0 Å². The molecule has 1 amide bonds. The van der Waals surface area contributed by atoms with Crippen LogP contribution in [0.1, 0.15) is 36.0 Å². The Labute approximate surface area is 211 Å². The monoisotopic (exact) mass is 540 g/mol. The fraction of sp³-hybridized carbons (Fsp3) is 0.400. The average molecular weight is 540 g/mol. The quantitative estimate of drug-likeness (QED) is 0.465. The van der Waals surface area contributed by atoms with Crippen LogP contribution in [0.15, 0.2) is 35.3 Å². The maximum atomic E-state index is 14.9. The summed E-state index contributed by atoms with van der Waals surface area (Å²) >= 11 is 0. The number of carbonyl (C=O) groups is 1. The van der Waals surface area contributed by atoms with Crippen LogP contribution in [0.5, 0.6) is 0 Å². The van der Waals surface area contributed by atoms with Gasteiger partial charge < -0.3 is 15.3 Å². The van der Waals surface area contributed by atoms with E-state index >= 15 is 0 Å². The van der Waals surface area contributed by atoms with Crippen LogP contribution in [-0.2, 0) is 0 Å². The number of nitrogens with zero attached hydrogens (tertiary/aromatic N) is 3. The molecule has 3 heterocycles. The van der Waals surface area contributed by atoms with Crippen molar-refractivity contribution in [3.05, 3.63) is 63.7 Å². The Hall–Kier alpha value is -3.61. The summed E-state index contributed by atoms with van der Waals surface area (Å²) in [4.78, 5) is 32.3. The predicted octanol–water partition coefficient (Wildman–Crippen LogP) is 3.83. The summed E-state index contributed by atoms with van der Waals surface area (Å²) in [5, 5.41) is 11.2. The zero-order valence-corrected chi connectivity index (χ0v) is 19.7. The van der Waals surface area contributed by atoms with E-state index in [4.69, 9.17) is 0 Å². The molecule has 1 aromatic carbocycles. The van der Waals surface area contributed by atoms with Gasteiger partial charge in [0.15, 0.2) is 17.3 Å². The summed E-state index contributed by atoms with van der Waals surface area (Å²) in [5.74, 6) is -5.92. The molecule has 1 aliphatic heterocycles. The molecule has 7 nitrogen and oxygen atoms in total. The predicted molar refractivity (Wildman–Crippen MR) is 125 cm³/mol. The van der Waals surface area contributed by atoms with Crippen LogP contribution in [0.3, 0.4) is 0 Å². The van der Waals surface area contributed by atoms with Crippen molar-refractivity contribution in [2.24, 2.45) is 5.92 Å². The number of benzene rings is 1. The number of aliphatic hydroxyl groups is 1. The van der Waals surface area contributed by atoms with Crippen molar-refractivity contribution in [1.29, 1.82) is 0 Å². The van der Waals surface area contributed by atoms with E-state index in [2.05, 4.69) is 4.98 Å². The molecule has 2 atom stereocenters. The van der Waals surface area contributed by atoms with Gasteiger partial charge in [0, 0.05) is 24.9 Å². The van der Waals surface area contributed by atoms with Crippen LogP contribution in [0.4, 0.5) is 32.2 Å². The molecule has 38 heavy (non-hydrogen) atoms. The van der Waals surface area contributed by atoms with Gasteiger partial charge in [-0.05, 0) is 43.7 Å². The molecule has 0 bridgehead atoms. The van der Waals surface area contributed by atoms with Crippen molar-refractivity contribution < 1.29 is 36.2 Å². The number of alkyl halides is 3. The molecule has 1 saturated heterocycles. The first-order valence-electron chi connectivity index (χ1n) is 12.0. The SMILES string of the molecule is O=C(NC(C1CC1)C(F)(F)F)c1cn(-c2c(F)cc(F)cc2F)c2nc(N3CCC[C@@H]3CO)ccc2c1=O. The van der Waals surface area contributed by atoms with Gasteiger partial charge in [-0.15, -0.1) is 0 Å². The van der Waals surface area contributed by atoms with Gasteiger partial charge in [-0.1, -0.05) is 0 Å². The highest BCUT2D eigenvalue weighted by Crippen LogP contribution is 2.40. The number of hydrogen-bond donors (Lipinski definition) is 2. The number of pyridine rings is 2. The number of halogens is 6. The van der Waals surface area contributed by atoms with Crippen molar-refractivity contribution in [1.82, 2.24) is 14.9 Å². The Bertz CT molecular complexity index is 1450. The van der Waals surface area contributed by atoms with Crippen LogP contribution < -0.4 is 15.6 Å². The number of fused-ring (bicyclic) bond motifs is 1. The second-order valence-electron chi connectivity index (χ2n) is 9.50. The maximum absolute atomic E-state index is 14.9. The van der Waals surface area contributed by atoms with E-state index in [0.29, 0.717) is 31.3 Å². The highest BCUT2D eigenvalue weighted by atomic mass is 19.4. The lowest BCUT2D eigenvalue weighted by molar-refractivity contribution is -0.158. The van der Waals surface area contributed by atoms with E-state index in [0.717, 1.165) is 11.0 Å². The molecule has 1 saturated carbocycles. The molecule has 1 unspecified atom stereocenters. The first-order chi connectivity index (χ1) is 18.0. The highest BCUT2D eigenvalue weighted by Gasteiger charge is 2.50. The number of rotatable bonds is 6. The summed E-state index contributed by atoms with van der Waals surface area (Å²) < 4.78 is 84.6. The largest absolute Gasteiger partial charge is 0.408 e. The summed E-state index contributed by atoms with van der Waals surface area (Å²) in [6.07, 6.45) is -2.17. The van der Waals surface area contributed by atoms with Crippen LogP contribution >= 0.6 is 0 Å². The molecule has 2 fully saturated rings. The van der Waals surface area contributed by atoms with Crippen molar-refractivity contribution in [2.45, 2.75) is 43.9 Å². The lowest BCUT2D eigenvalue weighted by Gasteiger charge is -2.25. The molecule has 13 heteroatoms. The van der Waals surface area contributed by atoms with Gasteiger partial charge in [0.25, 0.3) is 5.91 Å². The minimum Gasteiger partial charge on any atom is -0.394 e. The molecule has 5 rings (SSSR count). The Balaban J connectivity index is 1.70. The smallest absolute Gasteiger partial charge is 0.394 e. The molecule has 202 valence electrons. The molecule has 1 aliphatic carbocycles. The third kappa shape index (κ3) is 4.70. The summed E-state index contributed by atoms with van der Waals surface area (Å²) in [5.41, 5.74) is -2.96. The minimum atomic E-state index is -4.77. The third-order valence-electron chi connectivity index (χ3n) is 6.92. The summed E-state index contributed by atoms with van der Waals surface area (Å²) in [7, 11) is 0. The van der Waals surface area contributed by atoms with E-state index in [1.165, 1.54) is 12.1 Å². The Morgan fingerprint density at radius 3 is 2.42 bits per heavy atom. The van der Waals surface area contributed by atoms with Crippen LogP contribution in [0.25, 0.3) is 16.7 Å². The molecule has 0 radical (unpaired) electrons. The second-order valence-corrected chi connectivity index (χ2v) is 9.50. The van der Waals surface area contributed by atoms with E-state index in [1.54, 1.807) is 4.90 Å². The highest BCUT2D eigenvalue weighted by molar-refractivity contribution is 5.97. The van der Waals surface area contributed by atoms with E-state index < -0.39 is 58.2 Å². The van der Waals surface area contributed by atoms with Crippen LogP contribution in [0, 0.1) is 23.4 Å². The lowest BCUT2D eigenvalue weighted by atomic mass is 10.1. The van der Waals surface area contributed by atoms with Crippen molar-refractivity contribution in [3.8, 4) is 5.69 Å². The summed E-state index contributed by atoms with van der Waals surface area (Å²) in [6, 6.07) is 0.975. The zero-order valence-electron chi connectivity index (χ0n) is 19.7. The Morgan fingerprint density at radius 2 is 1.82 bits per heavy atom. The van der Waals surface area contributed by atoms with Gasteiger partial charge in [-0.3, -0.25) is 14.2 Å². The van der Waals surface area contributed by atoms with Gasteiger partial charge >= 0.3 is 6.18 Å². The molecule has 2 aliphatic rings. The molecule has 2 aromatic heterocycles. The molecule has 3 aromatic rings. The molecule has 0 spiro atoms. The average Bonchev–Trinajstić information content (AvgIpc) is 3.57. The maximum Gasteiger partial charge on any atom is 0.408 e. The number of anilines is 1. The fourth-order valence-electron chi connectivity index (χ4n) is 4.89. The van der Waals surface area contributed by atoms with Crippen molar-refractivity contribution in [3.63, 3.8) is 0 Å². The van der Waals surface area contributed by atoms with Gasteiger partial charge in [0.1, 0.15) is 28.9 Å². The van der Waals surface area contributed by atoms with Gasteiger partial charge in [-0.25, -0.2) is 18.2 Å². The van der Waals surface area contributed by atoms with Crippen LogP contribution in [0.2, 0.25) is 0 Å². The van der Waals surface area contributed by atoms with Gasteiger partial charge in [0.2, 0.25) is 5.43 Å². The molecular formula is C25H22F6N4O3. The molecule has 2 N–H and O–H groups in total. The van der Waals surface area contributed by atoms with E-state index in [9.17, 15) is 41.0 Å². The number of hydrogen-bond acceptors (Lipinski definition) is 5. The first-order valence-corrected chi connectivity index (χ1v) is 12.0.